The third kappa shape index (κ3) is 3.51. The summed E-state index contributed by atoms with van der Waals surface area (Å²) in [6.45, 7) is 8.64. The number of benzene rings is 1. The molecular weight excluding hydrogens is 312 g/mol. The zero-order valence-corrected chi connectivity index (χ0v) is 14.1. The smallest absolute Gasteiger partial charge is 0.155 e. The number of furan rings is 1. The molecular formula is C20H26N4O. The summed E-state index contributed by atoms with van der Waals surface area (Å²) >= 11 is 0. The van der Waals surface area contributed by atoms with E-state index in [0.717, 1.165) is 54.4 Å². The Morgan fingerprint density at radius 3 is 2.40 bits per heavy atom. The lowest BCUT2D eigenvalue weighted by atomic mass is 10.2. The lowest BCUT2D eigenvalue weighted by molar-refractivity contribution is 0.209. The first-order chi connectivity index (χ1) is 11.7. The maximum absolute atomic E-state index is 5.86. The van der Waals surface area contributed by atoms with Crippen LogP contribution in [0.5, 0.6) is 0 Å². The molecule has 1 aromatic carbocycles. The number of hydrogen-bond acceptors (Lipinski definition) is 5. The lowest BCUT2D eigenvalue weighted by Gasteiger charge is -2.37. The molecule has 1 aliphatic rings. The zero-order valence-electron chi connectivity index (χ0n) is 14.1. The number of hydrogen-bond donors (Lipinski definition) is 0. The van der Waals surface area contributed by atoms with Crippen LogP contribution >= 0.6 is 0 Å². The van der Waals surface area contributed by atoms with E-state index >= 15 is 0 Å². The molecule has 4 rings (SSSR count). The predicted octanol–water partition coefficient (Wildman–Crippen LogP) is 4.06. The molecule has 0 N–H and O–H groups in total. The van der Waals surface area contributed by atoms with Crippen LogP contribution in [0.1, 0.15) is 21.3 Å². The normalized spacial score (nSPS) is 15.6. The third-order valence-electron chi connectivity index (χ3n) is 4.68. The number of nitrogens with zero attached hydrogens (tertiary/aromatic N) is 4. The molecule has 0 bridgehead atoms. The van der Waals surface area contributed by atoms with Crippen LogP contribution in [-0.2, 0) is 0 Å². The first-order valence-electron chi connectivity index (χ1n) is 8.51. The van der Waals surface area contributed by atoms with Gasteiger partial charge in [-0.25, -0.2) is 9.97 Å². The summed E-state index contributed by atoms with van der Waals surface area (Å²) in [5, 5.41) is 1.09. The Balaban J connectivity index is 0.00000182. The van der Waals surface area contributed by atoms with Gasteiger partial charge in [-0.2, -0.15) is 0 Å². The van der Waals surface area contributed by atoms with Crippen LogP contribution in [0, 0.1) is 0 Å². The van der Waals surface area contributed by atoms with E-state index in [-0.39, 0.29) is 7.43 Å². The molecule has 0 saturated carbocycles. The average Bonchev–Trinajstić information content (AvgIpc) is 3.06. The first kappa shape index (κ1) is 17.4. The molecule has 2 aromatic heterocycles. The molecule has 1 aliphatic heterocycles. The largest absolute Gasteiger partial charge is 0.454 e. The number of anilines is 1. The summed E-state index contributed by atoms with van der Waals surface area (Å²) in [6.07, 6.45) is 3.66. The van der Waals surface area contributed by atoms with Crippen molar-refractivity contribution >= 4 is 16.8 Å². The van der Waals surface area contributed by atoms with E-state index in [4.69, 9.17) is 4.42 Å². The summed E-state index contributed by atoms with van der Waals surface area (Å²) in [6, 6.07) is 10.6. The molecule has 5 nitrogen and oxygen atoms in total. The number of rotatable bonds is 3. The highest BCUT2D eigenvalue weighted by molar-refractivity contribution is 5.81. The van der Waals surface area contributed by atoms with Crippen molar-refractivity contribution in [2.75, 3.05) is 31.1 Å². The molecule has 1 fully saturated rings. The quantitative estimate of drug-likeness (QED) is 0.721. The van der Waals surface area contributed by atoms with Gasteiger partial charge in [0.05, 0.1) is 12.4 Å². The van der Waals surface area contributed by atoms with Crippen LogP contribution in [0.3, 0.4) is 0 Å². The molecule has 0 spiro atoms. The molecule has 25 heavy (non-hydrogen) atoms. The van der Waals surface area contributed by atoms with E-state index in [1.54, 1.807) is 0 Å². The van der Waals surface area contributed by atoms with Crippen molar-refractivity contribution in [2.45, 2.75) is 27.3 Å². The topological polar surface area (TPSA) is 45.4 Å². The van der Waals surface area contributed by atoms with Gasteiger partial charge in [0, 0.05) is 37.6 Å². The van der Waals surface area contributed by atoms with E-state index in [9.17, 15) is 0 Å². The molecule has 0 radical (unpaired) electrons. The molecule has 3 heterocycles. The van der Waals surface area contributed by atoms with Crippen LogP contribution in [0.15, 0.2) is 47.1 Å². The molecule has 0 amide bonds. The summed E-state index contributed by atoms with van der Waals surface area (Å²) in [4.78, 5) is 14.0. The molecule has 0 unspecified atom stereocenters. The van der Waals surface area contributed by atoms with E-state index in [1.165, 1.54) is 0 Å². The number of aromatic nitrogens is 2. The van der Waals surface area contributed by atoms with Crippen molar-refractivity contribution in [1.29, 1.82) is 0 Å². The fourth-order valence-electron chi connectivity index (χ4n) is 3.19. The second kappa shape index (κ2) is 7.23. The lowest BCUT2D eigenvalue weighted by Crippen LogP contribution is -2.49. The standard InChI is InChI=1S/C19H22N4O.CH4/c1-14(2)22-7-9-23(10-8-22)19-13-20-16(12-21-19)18-11-15-5-3-4-6-17(15)24-18;/h3-6,11-14H,7-10H2,1-2H3;1H4. The van der Waals surface area contributed by atoms with Gasteiger partial charge in [-0.3, -0.25) is 4.90 Å². The fourth-order valence-corrected chi connectivity index (χ4v) is 3.19. The average molecular weight is 338 g/mol. The Labute approximate surface area is 149 Å². The van der Waals surface area contributed by atoms with Crippen LogP contribution in [-0.4, -0.2) is 47.1 Å². The highest BCUT2D eigenvalue weighted by Gasteiger charge is 2.20. The van der Waals surface area contributed by atoms with Crippen molar-refractivity contribution in [3.05, 3.63) is 42.7 Å². The molecule has 0 aliphatic carbocycles. The minimum atomic E-state index is 0. The Bertz CT molecular complexity index is 784. The van der Waals surface area contributed by atoms with Crippen molar-refractivity contribution in [3.63, 3.8) is 0 Å². The SMILES string of the molecule is C.CC(C)N1CCN(c2cnc(-c3cc4ccccc4o3)cn2)CC1. The van der Waals surface area contributed by atoms with Gasteiger partial charge < -0.3 is 9.32 Å². The summed E-state index contributed by atoms with van der Waals surface area (Å²) in [5.74, 6) is 1.71. The van der Waals surface area contributed by atoms with Crippen LogP contribution in [0.2, 0.25) is 0 Å². The molecule has 0 atom stereocenters. The van der Waals surface area contributed by atoms with E-state index in [0.29, 0.717) is 6.04 Å². The minimum absolute atomic E-state index is 0. The summed E-state index contributed by atoms with van der Waals surface area (Å²) in [7, 11) is 0. The Morgan fingerprint density at radius 1 is 1.00 bits per heavy atom. The number of fused-ring (bicyclic) bond motifs is 1. The molecule has 132 valence electrons. The summed E-state index contributed by atoms with van der Waals surface area (Å²) < 4.78 is 5.86. The molecule has 1 saturated heterocycles. The van der Waals surface area contributed by atoms with Crippen molar-refractivity contribution in [3.8, 4) is 11.5 Å². The number of piperazine rings is 1. The van der Waals surface area contributed by atoms with Crippen LogP contribution < -0.4 is 4.90 Å². The van der Waals surface area contributed by atoms with Crippen molar-refractivity contribution in [2.24, 2.45) is 0 Å². The van der Waals surface area contributed by atoms with Gasteiger partial charge in [-0.15, -0.1) is 0 Å². The zero-order chi connectivity index (χ0) is 16.5. The van der Waals surface area contributed by atoms with Gasteiger partial charge >= 0.3 is 0 Å². The first-order valence-corrected chi connectivity index (χ1v) is 8.51. The fraction of sp³-hybridized carbons (Fsp3) is 0.400. The Morgan fingerprint density at radius 2 is 1.76 bits per heavy atom. The van der Waals surface area contributed by atoms with Crippen LogP contribution in [0.25, 0.3) is 22.4 Å². The van der Waals surface area contributed by atoms with Gasteiger partial charge in [0.1, 0.15) is 17.1 Å². The van der Waals surface area contributed by atoms with E-state index < -0.39 is 0 Å². The second-order valence-corrected chi connectivity index (χ2v) is 6.53. The highest BCUT2D eigenvalue weighted by Crippen LogP contribution is 2.26. The van der Waals surface area contributed by atoms with E-state index in [2.05, 4.69) is 33.6 Å². The maximum Gasteiger partial charge on any atom is 0.155 e. The third-order valence-corrected chi connectivity index (χ3v) is 4.68. The second-order valence-electron chi connectivity index (χ2n) is 6.53. The van der Waals surface area contributed by atoms with Gasteiger partial charge in [0.2, 0.25) is 0 Å². The van der Waals surface area contributed by atoms with E-state index in [1.807, 2.05) is 42.7 Å². The summed E-state index contributed by atoms with van der Waals surface area (Å²) in [5.41, 5.74) is 1.65. The van der Waals surface area contributed by atoms with Gasteiger partial charge in [0.25, 0.3) is 0 Å². The number of para-hydroxylation sites is 1. The Kier molecular flexibility index (Phi) is 5.04. The van der Waals surface area contributed by atoms with Gasteiger partial charge in [0.15, 0.2) is 5.76 Å². The molecule has 3 aromatic rings. The van der Waals surface area contributed by atoms with Crippen LogP contribution in [0.4, 0.5) is 5.82 Å². The van der Waals surface area contributed by atoms with Crippen molar-refractivity contribution in [1.82, 2.24) is 14.9 Å². The predicted molar refractivity (Wildman–Crippen MR) is 103 cm³/mol. The minimum Gasteiger partial charge on any atom is -0.454 e. The Hall–Kier alpha value is -2.40. The monoisotopic (exact) mass is 338 g/mol. The van der Waals surface area contributed by atoms with Gasteiger partial charge in [-0.05, 0) is 26.0 Å². The maximum atomic E-state index is 5.86. The van der Waals surface area contributed by atoms with Gasteiger partial charge in [-0.1, -0.05) is 25.6 Å². The molecule has 5 heteroatoms. The van der Waals surface area contributed by atoms with Crippen molar-refractivity contribution < 1.29 is 4.42 Å². The highest BCUT2D eigenvalue weighted by atomic mass is 16.3.